The van der Waals surface area contributed by atoms with E-state index in [1.54, 1.807) is 6.07 Å². The summed E-state index contributed by atoms with van der Waals surface area (Å²) in [7, 11) is 0. The van der Waals surface area contributed by atoms with Crippen LogP contribution in [0.3, 0.4) is 0 Å². The molecule has 1 aromatic carbocycles. The number of hydrogen-bond donors (Lipinski definition) is 0. The van der Waals surface area contributed by atoms with Crippen LogP contribution in [0.25, 0.3) is 0 Å². The second-order valence-electron chi connectivity index (χ2n) is 5.13. The minimum absolute atomic E-state index is 0.166. The van der Waals surface area contributed by atoms with Crippen LogP contribution in [0.5, 0.6) is 0 Å². The smallest absolute Gasteiger partial charge is 0.258 e. The van der Waals surface area contributed by atoms with Gasteiger partial charge in [-0.05, 0) is 36.3 Å². The summed E-state index contributed by atoms with van der Waals surface area (Å²) in [4.78, 5) is 10.6. The lowest BCUT2D eigenvalue weighted by atomic mass is 9.90. The van der Waals surface area contributed by atoms with Crippen molar-refractivity contribution in [1.82, 2.24) is 0 Å². The summed E-state index contributed by atoms with van der Waals surface area (Å²) in [6, 6.07) is 3.49. The molecule has 0 amide bonds. The van der Waals surface area contributed by atoms with Gasteiger partial charge >= 0.3 is 0 Å². The molecular formula is C12H15NO2. The van der Waals surface area contributed by atoms with Crippen molar-refractivity contribution in [2.24, 2.45) is 5.41 Å². The Morgan fingerprint density at radius 1 is 1.27 bits per heavy atom. The molecule has 0 saturated carbocycles. The van der Waals surface area contributed by atoms with Crippen molar-refractivity contribution in [3.63, 3.8) is 0 Å². The number of nitro benzene ring substituents is 1. The molecule has 15 heavy (non-hydrogen) atoms. The fraction of sp³-hybridized carbons (Fsp3) is 0.500. The molecule has 1 aliphatic carbocycles. The predicted molar refractivity (Wildman–Crippen MR) is 59.0 cm³/mol. The molecule has 0 unspecified atom stereocenters. The van der Waals surface area contributed by atoms with Gasteiger partial charge in [-0.3, -0.25) is 10.1 Å². The lowest BCUT2D eigenvalue weighted by Crippen LogP contribution is -2.10. The molecule has 2 rings (SSSR count). The number of rotatable bonds is 1. The number of hydrogen-bond acceptors (Lipinski definition) is 2. The van der Waals surface area contributed by atoms with E-state index in [2.05, 4.69) is 13.8 Å². The summed E-state index contributed by atoms with van der Waals surface area (Å²) in [5, 5.41) is 10.9. The zero-order chi connectivity index (χ0) is 11.2. The molecular weight excluding hydrogens is 190 g/mol. The Balaban J connectivity index is 2.60. The molecule has 1 aliphatic rings. The molecule has 0 aromatic heterocycles. The first-order valence-electron chi connectivity index (χ1n) is 5.16. The van der Waals surface area contributed by atoms with E-state index in [0.717, 1.165) is 18.4 Å². The van der Waals surface area contributed by atoms with E-state index in [0.29, 0.717) is 5.69 Å². The van der Waals surface area contributed by atoms with Crippen LogP contribution in [0, 0.1) is 22.5 Å². The SMILES string of the molecule is Cc1ccc([N+](=O)[O-])c2c1CC(C)(C)C2. The van der Waals surface area contributed by atoms with Gasteiger partial charge in [0.05, 0.1) is 4.92 Å². The third-order valence-corrected chi connectivity index (χ3v) is 3.15. The van der Waals surface area contributed by atoms with Crippen molar-refractivity contribution < 1.29 is 4.92 Å². The summed E-state index contributed by atoms with van der Waals surface area (Å²) in [6.45, 7) is 6.36. The third-order valence-electron chi connectivity index (χ3n) is 3.15. The highest BCUT2D eigenvalue weighted by molar-refractivity contribution is 5.52. The van der Waals surface area contributed by atoms with Crippen LogP contribution < -0.4 is 0 Å². The van der Waals surface area contributed by atoms with Gasteiger partial charge in [0.25, 0.3) is 5.69 Å². The quantitative estimate of drug-likeness (QED) is 0.522. The molecule has 0 fully saturated rings. The first kappa shape index (κ1) is 10.1. The maximum absolute atomic E-state index is 10.9. The monoisotopic (exact) mass is 205 g/mol. The average Bonchev–Trinajstić information content (AvgIpc) is 2.41. The Morgan fingerprint density at radius 2 is 1.87 bits per heavy atom. The van der Waals surface area contributed by atoms with E-state index in [1.165, 1.54) is 11.1 Å². The molecule has 0 atom stereocenters. The standard InChI is InChI=1S/C12H15NO2/c1-8-4-5-11(13(14)15)10-7-12(2,3)6-9(8)10/h4-5H,6-7H2,1-3H3. The van der Waals surface area contributed by atoms with Gasteiger partial charge < -0.3 is 0 Å². The second kappa shape index (κ2) is 3.05. The van der Waals surface area contributed by atoms with Crippen LogP contribution in [0.15, 0.2) is 12.1 Å². The largest absolute Gasteiger partial charge is 0.272 e. The molecule has 0 radical (unpaired) electrons. The molecule has 0 spiro atoms. The number of benzene rings is 1. The highest BCUT2D eigenvalue weighted by atomic mass is 16.6. The minimum atomic E-state index is -0.264. The van der Waals surface area contributed by atoms with E-state index in [1.807, 2.05) is 13.0 Å². The van der Waals surface area contributed by atoms with E-state index < -0.39 is 0 Å². The van der Waals surface area contributed by atoms with Gasteiger partial charge in [0, 0.05) is 11.6 Å². The topological polar surface area (TPSA) is 43.1 Å². The third kappa shape index (κ3) is 1.62. The fourth-order valence-electron chi connectivity index (χ4n) is 2.43. The molecule has 0 heterocycles. The number of nitro groups is 1. The van der Waals surface area contributed by atoms with E-state index in [9.17, 15) is 10.1 Å². The highest BCUT2D eigenvalue weighted by Crippen LogP contribution is 2.41. The Bertz CT molecular complexity index is 435. The van der Waals surface area contributed by atoms with E-state index >= 15 is 0 Å². The van der Waals surface area contributed by atoms with Crippen LogP contribution >= 0.6 is 0 Å². The molecule has 3 nitrogen and oxygen atoms in total. The zero-order valence-electron chi connectivity index (χ0n) is 9.33. The minimum Gasteiger partial charge on any atom is -0.258 e. The summed E-state index contributed by atoms with van der Waals surface area (Å²) in [5.41, 5.74) is 3.78. The average molecular weight is 205 g/mol. The molecule has 0 N–H and O–H groups in total. The molecule has 80 valence electrons. The van der Waals surface area contributed by atoms with Crippen molar-refractivity contribution in [2.45, 2.75) is 33.6 Å². The Kier molecular flexibility index (Phi) is 2.07. The lowest BCUT2D eigenvalue weighted by molar-refractivity contribution is -0.385. The summed E-state index contributed by atoms with van der Waals surface area (Å²) >= 11 is 0. The number of nitrogens with zero attached hydrogens (tertiary/aromatic N) is 1. The Labute approximate surface area is 89.3 Å². The maximum atomic E-state index is 10.9. The fourth-order valence-corrected chi connectivity index (χ4v) is 2.43. The normalized spacial score (nSPS) is 17.5. The summed E-state index contributed by atoms with van der Waals surface area (Å²) < 4.78 is 0. The molecule has 3 heteroatoms. The number of aryl methyl sites for hydroxylation is 1. The maximum Gasteiger partial charge on any atom is 0.272 e. The van der Waals surface area contributed by atoms with Crippen molar-refractivity contribution in [3.8, 4) is 0 Å². The molecule has 0 bridgehead atoms. The number of fused-ring (bicyclic) bond motifs is 1. The van der Waals surface area contributed by atoms with Gasteiger partial charge in [-0.15, -0.1) is 0 Å². The van der Waals surface area contributed by atoms with Crippen LogP contribution in [0.4, 0.5) is 5.69 Å². The molecule has 0 aliphatic heterocycles. The lowest BCUT2D eigenvalue weighted by Gasteiger charge is -2.14. The van der Waals surface area contributed by atoms with Crippen LogP contribution in [-0.2, 0) is 12.8 Å². The summed E-state index contributed by atoms with van der Waals surface area (Å²) in [6.07, 6.45) is 1.77. The predicted octanol–water partition coefficient (Wildman–Crippen LogP) is 3.03. The van der Waals surface area contributed by atoms with Gasteiger partial charge in [0.15, 0.2) is 0 Å². The Hall–Kier alpha value is -1.38. The van der Waals surface area contributed by atoms with Crippen LogP contribution in [0.2, 0.25) is 0 Å². The van der Waals surface area contributed by atoms with Gasteiger partial charge in [-0.1, -0.05) is 19.9 Å². The van der Waals surface area contributed by atoms with Crippen molar-refractivity contribution in [2.75, 3.05) is 0 Å². The van der Waals surface area contributed by atoms with Crippen molar-refractivity contribution in [3.05, 3.63) is 38.9 Å². The van der Waals surface area contributed by atoms with Crippen LogP contribution in [0.1, 0.15) is 30.5 Å². The van der Waals surface area contributed by atoms with Gasteiger partial charge in [-0.2, -0.15) is 0 Å². The zero-order valence-corrected chi connectivity index (χ0v) is 9.33. The van der Waals surface area contributed by atoms with Gasteiger partial charge in [0.1, 0.15) is 0 Å². The highest BCUT2D eigenvalue weighted by Gasteiger charge is 2.34. The van der Waals surface area contributed by atoms with Crippen molar-refractivity contribution in [1.29, 1.82) is 0 Å². The molecule has 0 saturated heterocycles. The second-order valence-corrected chi connectivity index (χ2v) is 5.13. The van der Waals surface area contributed by atoms with Gasteiger partial charge in [-0.25, -0.2) is 0 Å². The van der Waals surface area contributed by atoms with E-state index in [-0.39, 0.29) is 10.3 Å². The molecule has 1 aromatic rings. The summed E-state index contributed by atoms with van der Waals surface area (Å²) in [5.74, 6) is 0. The Morgan fingerprint density at radius 3 is 2.47 bits per heavy atom. The van der Waals surface area contributed by atoms with Crippen LogP contribution in [-0.4, -0.2) is 4.92 Å². The first-order chi connectivity index (χ1) is 6.91. The van der Waals surface area contributed by atoms with E-state index in [4.69, 9.17) is 0 Å². The van der Waals surface area contributed by atoms with Crippen molar-refractivity contribution >= 4 is 5.69 Å². The van der Waals surface area contributed by atoms with Gasteiger partial charge in [0.2, 0.25) is 0 Å². The first-order valence-corrected chi connectivity index (χ1v) is 5.16.